The van der Waals surface area contributed by atoms with Gasteiger partial charge in [0.15, 0.2) is 0 Å². The Morgan fingerprint density at radius 3 is 2.59 bits per heavy atom. The number of nitrogens with zero attached hydrogens (tertiary/aromatic N) is 3. The van der Waals surface area contributed by atoms with Crippen LogP contribution in [0.2, 0.25) is 10.0 Å². The summed E-state index contributed by atoms with van der Waals surface area (Å²) < 4.78 is 0. The molecular weight excluding hydrogens is 427 g/mol. The van der Waals surface area contributed by atoms with Crippen LogP contribution in [0.15, 0.2) is 48.5 Å². The lowest BCUT2D eigenvalue weighted by Gasteiger charge is -2.31. The van der Waals surface area contributed by atoms with E-state index in [4.69, 9.17) is 23.2 Å². The topological polar surface area (TPSA) is 58.1 Å². The molecule has 0 atom stereocenters. The summed E-state index contributed by atoms with van der Waals surface area (Å²) in [7, 11) is 0. The van der Waals surface area contributed by atoms with Crippen LogP contribution in [0.1, 0.15) is 18.4 Å². The Kier molecular flexibility index (Phi) is 6.45. The highest BCUT2D eigenvalue weighted by atomic mass is 35.5. The van der Waals surface area contributed by atoms with Gasteiger partial charge >= 0.3 is 0 Å². The van der Waals surface area contributed by atoms with Crippen molar-refractivity contribution >= 4 is 45.6 Å². The summed E-state index contributed by atoms with van der Waals surface area (Å²) in [5.41, 5.74) is 2.06. The van der Waals surface area contributed by atoms with E-state index in [1.54, 1.807) is 6.07 Å². The Bertz CT molecular complexity index is 987. The maximum atomic E-state index is 12.6. The van der Waals surface area contributed by atoms with E-state index >= 15 is 0 Å². The lowest BCUT2D eigenvalue weighted by atomic mass is 9.95. The number of halogens is 2. The Balaban J connectivity index is 1.30. The smallest absolute Gasteiger partial charge is 0.229 e. The van der Waals surface area contributed by atoms with Crippen molar-refractivity contribution in [3.8, 4) is 10.6 Å². The van der Waals surface area contributed by atoms with Crippen molar-refractivity contribution in [1.29, 1.82) is 0 Å². The first kappa shape index (κ1) is 20.3. The van der Waals surface area contributed by atoms with Gasteiger partial charge in [-0.25, -0.2) is 0 Å². The molecule has 0 saturated carbocycles. The molecule has 29 heavy (non-hydrogen) atoms. The predicted molar refractivity (Wildman–Crippen MR) is 118 cm³/mol. The molecule has 8 heteroatoms. The van der Waals surface area contributed by atoms with Crippen LogP contribution in [0.3, 0.4) is 0 Å². The third-order valence-corrected chi connectivity index (χ3v) is 6.52. The van der Waals surface area contributed by atoms with Crippen LogP contribution in [0.4, 0.5) is 5.13 Å². The zero-order valence-corrected chi connectivity index (χ0v) is 18.0. The van der Waals surface area contributed by atoms with Gasteiger partial charge in [-0.3, -0.25) is 9.69 Å². The number of nitrogens with one attached hydrogen (secondary N) is 1. The van der Waals surface area contributed by atoms with Gasteiger partial charge in [0.1, 0.15) is 5.01 Å². The summed E-state index contributed by atoms with van der Waals surface area (Å²) in [5.74, 6) is 0.000882. The molecule has 1 aromatic heterocycles. The minimum Gasteiger partial charge on any atom is -0.300 e. The highest BCUT2D eigenvalue weighted by Gasteiger charge is 2.26. The normalized spacial score (nSPS) is 15.4. The van der Waals surface area contributed by atoms with Gasteiger partial charge in [0.05, 0.1) is 0 Å². The zero-order valence-electron chi connectivity index (χ0n) is 15.6. The molecule has 0 spiro atoms. The van der Waals surface area contributed by atoms with Crippen molar-refractivity contribution in [1.82, 2.24) is 15.1 Å². The molecule has 0 aliphatic carbocycles. The molecule has 0 radical (unpaired) electrons. The molecule has 3 aromatic rings. The molecule has 0 bridgehead atoms. The van der Waals surface area contributed by atoms with Crippen molar-refractivity contribution in [2.45, 2.75) is 19.4 Å². The highest BCUT2D eigenvalue weighted by Crippen LogP contribution is 2.28. The molecule has 4 rings (SSSR count). The van der Waals surface area contributed by atoms with Gasteiger partial charge in [0.25, 0.3) is 0 Å². The van der Waals surface area contributed by atoms with Crippen molar-refractivity contribution < 1.29 is 4.79 Å². The summed E-state index contributed by atoms with van der Waals surface area (Å²) in [5, 5.41) is 13.9. The number of piperidine rings is 1. The number of benzene rings is 2. The van der Waals surface area contributed by atoms with Gasteiger partial charge in [-0.05, 0) is 43.6 Å². The van der Waals surface area contributed by atoms with Gasteiger partial charge in [-0.1, -0.05) is 70.9 Å². The molecule has 1 N–H and O–H groups in total. The molecule has 150 valence electrons. The quantitative estimate of drug-likeness (QED) is 0.572. The molecular formula is C21H20Cl2N4OS. The second-order valence-corrected chi connectivity index (χ2v) is 8.87. The van der Waals surface area contributed by atoms with Crippen molar-refractivity contribution in [3.63, 3.8) is 0 Å². The third kappa shape index (κ3) is 5.14. The standard InChI is InChI=1S/C21H20Cl2N4OS/c22-17-7-6-16(18(23)12-17)13-27-10-8-14(9-11-27)19(28)24-21-26-25-20(29-21)15-4-2-1-3-5-15/h1-7,12,14H,8-11,13H2,(H,24,26,28). The van der Waals surface area contributed by atoms with E-state index in [9.17, 15) is 4.79 Å². The van der Waals surface area contributed by atoms with Crippen LogP contribution in [-0.4, -0.2) is 34.1 Å². The number of carbonyl (C=O) groups is 1. The number of hydrogen-bond donors (Lipinski definition) is 1. The molecule has 5 nitrogen and oxygen atoms in total. The molecule has 1 saturated heterocycles. The number of anilines is 1. The molecule has 1 aliphatic heterocycles. The number of hydrogen-bond acceptors (Lipinski definition) is 5. The van der Waals surface area contributed by atoms with Crippen LogP contribution in [0.25, 0.3) is 10.6 Å². The summed E-state index contributed by atoms with van der Waals surface area (Å²) >= 11 is 13.6. The monoisotopic (exact) mass is 446 g/mol. The van der Waals surface area contributed by atoms with Crippen molar-refractivity contribution in [2.24, 2.45) is 5.92 Å². The summed E-state index contributed by atoms with van der Waals surface area (Å²) in [6.07, 6.45) is 1.61. The number of likely N-dealkylation sites (tertiary alicyclic amines) is 1. The van der Waals surface area contributed by atoms with E-state index in [0.717, 1.165) is 48.6 Å². The van der Waals surface area contributed by atoms with E-state index in [1.165, 1.54) is 11.3 Å². The average molecular weight is 447 g/mol. The second kappa shape index (κ2) is 9.22. The molecule has 1 amide bonds. The molecule has 1 aliphatic rings. The highest BCUT2D eigenvalue weighted by molar-refractivity contribution is 7.18. The molecule has 2 heterocycles. The van der Waals surface area contributed by atoms with Gasteiger partial charge < -0.3 is 5.32 Å². The lowest BCUT2D eigenvalue weighted by Crippen LogP contribution is -2.37. The number of aromatic nitrogens is 2. The minimum absolute atomic E-state index is 0.0176. The fourth-order valence-corrected chi connectivity index (χ4v) is 4.64. The Hall–Kier alpha value is -1.99. The third-order valence-electron chi connectivity index (χ3n) is 5.04. The van der Waals surface area contributed by atoms with E-state index in [2.05, 4.69) is 20.4 Å². The van der Waals surface area contributed by atoms with Crippen molar-refractivity contribution in [2.75, 3.05) is 18.4 Å². The van der Waals surface area contributed by atoms with E-state index < -0.39 is 0 Å². The first-order chi connectivity index (χ1) is 14.1. The Morgan fingerprint density at radius 1 is 1.10 bits per heavy atom. The van der Waals surface area contributed by atoms with Crippen LogP contribution in [0, 0.1) is 5.92 Å². The van der Waals surface area contributed by atoms with E-state index in [-0.39, 0.29) is 11.8 Å². The summed E-state index contributed by atoms with van der Waals surface area (Å²) in [4.78, 5) is 15.0. The second-order valence-electron chi connectivity index (χ2n) is 7.05. The van der Waals surface area contributed by atoms with Gasteiger partial charge in [-0.2, -0.15) is 0 Å². The molecule has 1 fully saturated rings. The average Bonchev–Trinajstić information content (AvgIpc) is 3.20. The van der Waals surface area contributed by atoms with Gasteiger partial charge in [0, 0.05) is 28.1 Å². The number of rotatable bonds is 5. The van der Waals surface area contributed by atoms with Crippen molar-refractivity contribution in [3.05, 3.63) is 64.1 Å². The fraction of sp³-hybridized carbons (Fsp3) is 0.286. The van der Waals surface area contributed by atoms with E-state index in [1.807, 2.05) is 42.5 Å². The SMILES string of the molecule is O=C(Nc1nnc(-c2ccccc2)s1)C1CCN(Cc2ccc(Cl)cc2Cl)CC1. The zero-order chi connectivity index (χ0) is 20.2. The summed E-state index contributed by atoms with van der Waals surface area (Å²) in [6, 6.07) is 15.4. The van der Waals surface area contributed by atoms with Crippen LogP contribution in [0.5, 0.6) is 0 Å². The Morgan fingerprint density at radius 2 is 1.86 bits per heavy atom. The number of amides is 1. The maximum Gasteiger partial charge on any atom is 0.229 e. The van der Waals surface area contributed by atoms with Crippen LogP contribution in [-0.2, 0) is 11.3 Å². The van der Waals surface area contributed by atoms with Crippen LogP contribution >= 0.6 is 34.5 Å². The fourth-order valence-electron chi connectivity index (χ4n) is 3.42. The molecule has 0 unspecified atom stereocenters. The first-order valence-corrected chi connectivity index (χ1v) is 11.0. The van der Waals surface area contributed by atoms with Crippen LogP contribution < -0.4 is 5.32 Å². The first-order valence-electron chi connectivity index (χ1n) is 9.44. The minimum atomic E-state index is -0.0176. The maximum absolute atomic E-state index is 12.6. The van der Waals surface area contributed by atoms with E-state index in [0.29, 0.717) is 15.2 Å². The van der Waals surface area contributed by atoms with Gasteiger partial charge in [-0.15, -0.1) is 10.2 Å². The Labute approximate surface area is 183 Å². The largest absolute Gasteiger partial charge is 0.300 e. The van der Waals surface area contributed by atoms with Gasteiger partial charge in [0.2, 0.25) is 11.0 Å². The number of carbonyl (C=O) groups excluding carboxylic acids is 1. The molecule has 2 aromatic carbocycles. The summed E-state index contributed by atoms with van der Waals surface area (Å²) in [6.45, 7) is 2.46. The lowest BCUT2D eigenvalue weighted by molar-refractivity contribution is -0.121. The predicted octanol–water partition coefficient (Wildman–Crippen LogP) is 5.36.